The van der Waals surface area contributed by atoms with E-state index in [0.29, 0.717) is 30.4 Å². The molecule has 1 unspecified atom stereocenters. The second-order valence-electron chi connectivity index (χ2n) is 6.06. The monoisotopic (exact) mass is 349 g/mol. The van der Waals surface area contributed by atoms with Gasteiger partial charge in [-0.3, -0.25) is 4.79 Å². The van der Waals surface area contributed by atoms with Gasteiger partial charge in [-0.15, -0.1) is 0 Å². The van der Waals surface area contributed by atoms with E-state index in [1.165, 1.54) is 12.1 Å². The number of carbonyl (C=O) groups excluding carboxylic acids is 1. The van der Waals surface area contributed by atoms with Crippen molar-refractivity contribution in [3.63, 3.8) is 0 Å². The van der Waals surface area contributed by atoms with Crippen LogP contribution in [0.3, 0.4) is 0 Å². The largest absolute Gasteiger partial charge is 0.340 e. The second-order valence-corrected chi connectivity index (χ2v) is 8.08. The molecule has 1 aromatic heterocycles. The number of benzene rings is 1. The Kier molecular flexibility index (Phi) is 4.40. The Hall–Kier alpha value is -2.22. The van der Waals surface area contributed by atoms with Crippen LogP contribution in [0.1, 0.15) is 40.8 Å². The number of likely N-dealkylation sites (tertiary alicyclic amines) is 1. The van der Waals surface area contributed by atoms with Crippen molar-refractivity contribution in [2.45, 2.75) is 30.6 Å². The van der Waals surface area contributed by atoms with E-state index in [-0.39, 0.29) is 16.7 Å². The van der Waals surface area contributed by atoms with Crippen molar-refractivity contribution in [3.8, 4) is 0 Å². The van der Waals surface area contributed by atoms with E-state index in [1.54, 1.807) is 24.0 Å². The third kappa shape index (κ3) is 3.48. The van der Waals surface area contributed by atoms with Crippen molar-refractivity contribution in [2.75, 3.05) is 19.3 Å². The highest BCUT2D eigenvalue weighted by Crippen LogP contribution is 2.26. The van der Waals surface area contributed by atoms with E-state index in [9.17, 15) is 13.2 Å². The van der Waals surface area contributed by atoms with Gasteiger partial charge in [0.2, 0.25) is 5.89 Å². The van der Waals surface area contributed by atoms with Crippen molar-refractivity contribution < 1.29 is 17.7 Å². The molecule has 0 spiro atoms. The maximum atomic E-state index is 12.7. The topological polar surface area (TPSA) is 93.4 Å². The summed E-state index contributed by atoms with van der Waals surface area (Å²) in [4.78, 5) is 18.9. The molecule has 0 saturated carbocycles. The lowest BCUT2D eigenvalue weighted by molar-refractivity contribution is 0.0703. The Labute approximate surface area is 140 Å². The van der Waals surface area contributed by atoms with E-state index in [4.69, 9.17) is 4.52 Å². The molecule has 1 saturated heterocycles. The maximum absolute atomic E-state index is 12.7. The van der Waals surface area contributed by atoms with E-state index in [1.807, 2.05) is 0 Å². The van der Waals surface area contributed by atoms with Crippen molar-refractivity contribution in [2.24, 2.45) is 0 Å². The molecule has 1 fully saturated rings. The first kappa shape index (κ1) is 16.6. The number of hydrogen-bond donors (Lipinski definition) is 0. The number of nitrogens with zero attached hydrogens (tertiary/aromatic N) is 3. The average molecular weight is 349 g/mol. The molecule has 2 heterocycles. The summed E-state index contributed by atoms with van der Waals surface area (Å²) in [7, 11) is -3.34. The fraction of sp³-hybridized carbons (Fsp3) is 0.438. The molecule has 8 heteroatoms. The number of aromatic nitrogens is 2. The van der Waals surface area contributed by atoms with Crippen molar-refractivity contribution >= 4 is 15.7 Å². The van der Waals surface area contributed by atoms with E-state index in [0.717, 1.165) is 19.1 Å². The van der Waals surface area contributed by atoms with Gasteiger partial charge < -0.3 is 9.42 Å². The standard InChI is InChI=1S/C16H19N3O4S/c1-11-17-15(18-23-11)13-6-4-8-19(10-13)16(20)12-5-3-7-14(9-12)24(2,21)22/h3,5,7,9,13H,4,6,8,10H2,1-2H3. The van der Waals surface area contributed by atoms with E-state index < -0.39 is 9.84 Å². The Bertz CT molecular complexity index is 860. The fourth-order valence-electron chi connectivity index (χ4n) is 2.90. The summed E-state index contributed by atoms with van der Waals surface area (Å²) in [5.74, 6) is 0.993. The van der Waals surface area contributed by atoms with Crippen LogP contribution in [0.2, 0.25) is 0 Å². The molecule has 1 aliphatic rings. The molecular weight excluding hydrogens is 330 g/mol. The Morgan fingerprint density at radius 2 is 2.17 bits per heavy atom. The minimum Gasteiger partial charge on any atom is -0.340 e. The molecule has 1 aliphatic heterocycles. The van der Waals surface area contributed by atoms with Gasteiger partial charge in [-0.25, -0.2) is 8.42 Å². The normalized spacial score (nSPS) is 18.6. The van der Waals surface area contributed by atoms with Gasteiger partial charge in [0.05, 0.1) is 4.90 Å². The number of aryl methyl sites for hydroxylation is 1. The number of sulfone groups is 1. The van der Waals surface area contributed by atoms with Gasteiger partial charge in [-0.2, -0.15) is 4.98 Å². The third-order valence-corrected chi connectivity index (χ3v) is 5.24. The highest BCUT2D eigenvalue weighted by Gasteiger charge is 2.28. The number of carbonyl (C=O) groups is 1. The zero-order valence-electron chi connectivity index (χ0n) is 13.6. The third-order valence-electron chi connectivity index (χ3n) is 4.13. The summed E-state index contributed by atoms with van der Waals surface area (Å²) in [6.07, 6.45) is 2.87. The molecule has 0 bridgehead atoms. The van der Waals surface area contributed by atoms with Gasteiger partial charge >= 0.3 is 0 Å². The van der Waals surface area contributed by atoms with Gasteiger partial charge in [-0.1, -0.05) is 11.2 Å². The molecule has 1 amide bonds. The zero-order chi connectivity index (χ0) is 17.3. The van der Waals surface area contributed by atoms with Gasteiger partial charge in [0.15, 0.2) is 15.7 Å². The maximum Gasteiger partial charge on any atom is 0.253 e. The van der Waals surface area contributed by atoms with Crippen LogP contribution in [0.4, 0.5) is 0 Å². The van der Waals surface area contributed by atoms with Crippen LogP contribution in [-0.4, -0.2) is 48.7 Å². The molecule has 2 aromatic rings. The van der Waals surface area contributed by atoms with Crippen LogP contribution in [0, 0.1) is 6.92 Å². The van der Waals surface area contributed by atoms with E-state index >= 15 is 0 Å². The van der Waals surface area contributed by atoms with Crippen molar-refractivity contribution in [1.82, 2.24) is 15.0 Å². The predicted octanol–water partition coefficient (Wildman–Crippen LogP) is 1.80. The number of amides is 1. The molecule has 24 heavy (non-hydrogen) atoms. The minimum absolute atomic E-state index is 0.0400. The van der Waals surface area contributed by atoms with Gasteiger partial charge in [0.25, 0.3) is 5.91 Å². The van der Waals surface area contributed by atoms with E-state index in [2.05, 4.69) is 10.1 Å². The molecule has 0 N–H and O–H groups in total. The summed E-state index contributed by atoms with van der Waals surface area (Å²) in [6, 6.07) is 6.15. The lowest BCUT2D eigenvalue weighted by atomic mass is 9.96. The lowest BCUT2D eigenvalue weighted by Gasteiger charge is -2.31. The quantitative estimate of drug-likeness (QED) is 0.839. The molecule has 1 atom stereocenters. The molecule has 0 aliphatic carbocycles. The van der Waals surface area contributed by atoms with Crippen LogP contribution < -0.4 is 0 Å². The molecule has 3 rings (SSSR count). The van der Waals surface area contributed by atoms with Crippen LogP contribution in [0.25, 0.3) is 0 Å². The van der Waals surface area contributed by atoms with Crippen LogP contribution in [0.15, 0.2) is 33.7 Å². The summed E-state index contributed by atoms with van der Waals surface area (Å²) in [6.45, 7) is 2.87. The van der Waals surface area contributed by atoms with Crippen molar-refractivity contribution in [3.05, 3.63) is 41.5 Å². The van der Waals surface area contributed by atoms with Crippen molar-refractivity contribution in [1.29, 1.82) is 0 Å². The van der Waals surface area contributed by atoms with Gasteiger partial charge in [-0.05, 0) is 31.0 Å². The van der Waals surface area contributed by atoms with Crippen LogP contribution >= 0.6 is 0 Å². The number of piperidine rings is 1. The first-order chi connectivity index (χ1) is 11.3. The Balaban J connectivity index is 1.80. The number of rotatable bonds is 3. The molecular formula is C16H19N3O4S. The first-order valence-corrected chi connectivity index (χ1v) is 9.63. The minimum atomic E-state index is -3.34. The highest BCUT2D eigenvalue weighted by molar-refractivity contribution is 7.90. The lowest BCUT2D eigenvalue weighted by Crippen LogP contribution is -2.39. The number of hydrogen-bond acceptors (Lipinski definition) is 6. The molecule has 128 valence electrons. The summed E-state index contributed by atoms with van der Waals surface area (Å²) < 4.78 is 28.4. The molecule has 0 radical (unpaired) electrons. The Morgan fingerprint density at radius 1 is 1.38 bits per heavy atom. The SMILES string of the molecule is Cc1nc(C2CCCN(C(=O)c3cccc(S(C)(=O)=O)c3)C2)no1. The van der Waals surface area contributed by atoms with Crippen LogP contribution in [-0.2, 0) is 9.84 Å². The highest BCUT2D eigenvalue weighted by atomic mass is 32.2. The molecule has 1 aromatic carbocycles. The second kappa shape index (κ2) is 6.35. The summed E-state index contributed by atoms with van der Waals surface area (Å²) in [5, 5.41) is 3.95. The van der Waals surface area contributed by atoms with Crippen LogP contribution in [0.5, 0.6) is 0 Å². The zero-order valence-corrected chi connectivity index (χ0v) is 14.4. The predicted molar refractivity (Wildman–Crippen MR) is 86.5 cm³/mol. The van der Waals surface area contributed by atoms with Gasteiger partial charge in [0.1, 0.15) is 0 Å². The summed E-state index contributed by atoms with van der Waals surface area (Å²) in [5.41, 5.74) is 0.378. The molecule has 7 nitrogen and oxygen atoms in total. The Morgan fingerprint density at radius 3 is 2.83 bits per heavy atom. The smallest absolute Gasteiger partial charge is 0.253 e. The summed E-state index contributed by atoms with van der Waals surface area (Å²) >= 11 is 0. The first-order valence-electron chi connectivity index (χ1n) is 7.74. The van der Waals surface area contributed by atoms with Gasteiger partial charge in [0, 0.05) is 37.8 Å². The fourth-order valence-corrected chi connectivity index (χ4v) is 3.56. The average Bonchev–Trinajstić information content (AvgIpc) is 3.00.